The molecule has 1 aromatic carbocycles. The smallest absolute Gasteiger partial charge is 0.0459 e. The summed E-state index contributed by atoms with van der Waals surface area (Å²) in [6.07, 6.45) is 7.17. The molecule has 0 amide bonds. The fourth-order valence-corrected chi connectivity index (χ4v) is 3.51. The highest BCUT2D eigenvalue weighted by Gasteiger charge is 2.24. The van der Waals surface area contributed by atoms with E-state index in [0.717, 1.165) is 24.4 Å². The van der Waals surface area contributed by atoms with Crippen molar-refractivity contribution in [1.82, 2.24) is 0 Å². The minimum atomic E-state index is 0.191. The third-order valence-electron chi connectivity index (χ3n) is 4.50. The Morgan fingerprint density at radius 1 is 1.30 bits per heavy atom. The Hall–Kier alpha value is -0.730. The van der Waals surface area contributed by atoms with Crippen molar-refractivity contribution >= 4 is 17.3 Å². The molecule has 20 heavy (non-hydrogen) atoms. The first-order chi connectivity index (χ1) is 9.67. The molecule has 0 bridgehead atoms. The van der Waals surface area contributed by atoms with Crippen LogP contribution in [0.1, 0.15) is 51.5 Å². The number of hydrogen-bond donors (Lipinski definition) is 1. The summed E-state index contributed by atoms with van der Waals surface area (Å²) in [5.74, 6) is 0. The van der Waals surface area contributed by atoms with Gasteiger partial charge in [-0.15, -0.1) is 0 Å². The highest BCUT2D eigenvalue weighted by molar-refractivity contribution is 6.31. The maximum absolute atomic E-state index is 6.46. The molecule has 2 N–H and O–H groups in total. The van der Waals surface area contributed by atoms with Gasteiger partial charge in [-0.2, -0.15) is 0 Å². The molecule has 1 aromatic rings. The quantitative estimate of drug-likeness (QED) is 0.843. The lowest BCUT2D eigenvalue weighted by atomic mass is 10.0. The van der Waals surface area contributed by atoms with Crippen LogP contribution in [0, 0.1) is 0 Å². The average molecular weight is 295 g/mol. The molecule has 0 heterocycles. The van der Waals surface area contributed by atoms with Gasteiger partial charge in [0.1, 0.15) is 0 Å². The molecule has 1 saturated carbocycles. The van der Waals surface area contributed by atoms with Crippen molar-refractivity contribution in [2.75, 3.05) is 11.4 Å². The fourth-order valence-electron chi connectivity index (χ4n) is 3.27. The van der Waals surface area contributed by atoms with Crippen LogP contribution in [-0.2, 0) is 6.42 Å². The molecule has 1 unspecified atom stereocenters. The topological polar surface area (TPSA) is 29.3 Å². The van der Waals surface area contributed by atoms with Crippen LogP contribution in [0.25, 0.3) is 0 Å². The van der Waals surface area contributed by atoms with E-state index in [4.69, 9.17) is 17.3 Å². The van der Waals surface area contributed by atoms with Crippen LogP contribution in [0.15, 0.2) is 18.2 Å². The van der Waals surface area contributed by atoms with E-state index in [2.05, 4.69) is 30.9 Å². The molecule has 3 heteroatoms. The predicted octanol–water partition coefficient (Wildman–Crippen LogP) is 4.39. The van der Waals surface area contributed by atoms with Gasteiger partial charge in [0.25, 0.3) is 0 Å². The minimum Gasteiger partial charge on any atom is -0.369 e. The van der Waals surface area contributed by atoms with E-state index < -0.39 is 0 Å². The molecule has 0 aliphatic heterocycles. The largest absolute Gasteiger partial charge is 0.369 e. The number of rotatable bonds is 6. The van der Waals surface area contributed by atoms with Gasteiger partial charge in [-0.1, -0.05) is 37.4 Å². The van der Waals surface area contributed by atoms with E-state index >= 15 is 0 Å². The zero-order chi connectivity index (χ0) is 14.5. The summed E-state index contributed by atoms with van der Waals surface area (Å²) in [5.41, 5.74) is 8.70. The Balaban J connectivity index is 2.30. The SMILES string of the molecule is CCC(N)Cc1c(Cl)cccc1N(CC)C1CCCC1. The standard InChI is InChI=1S/C17H27ClN2/c1-3-13(19)12-15-16(18)10-7-11-17(15)20(4-2)14-8-5-6-9-14/h7,10-11,13-14H,3-6,8-9,12,19H2,1-2H3. The molecular formula is C17H27ClN2. The summed E-state index contributed by atoms with van der Waals surface area (Å²) in [6.45, 7) is 5.41. The lowest BCUT2D eigenvalue weighted by molar-refractivity contribution is 0.608. The molecule has 2 nitrogen and oxygen atoms in total. The molecule has 0 spiro atoms. The van der Waals surface area contributed by atoms with E-state index in [0.29, 0.717) is 6.04 Å². The zero-order valence-corrected chi connectivity index (χ0v) is 13.5. The summed E-state index contributed by atoms with van der Waals surface area (Å²) in [6, 6.07) is 7.14. The Bertz CT molecular complexity index is 427. The molecule has 1 fully saturated rings. The van der Waals surface area contributed by atoms with Gasteiger partial charge in [-0.05, 0) is 50.3 Å². The normalized spacial score (nSPS) is 17.4. The first kappa shape index (κ1) is 15.7. The van der Waals surface area contributed by atoms with Crippen LogP contribution in [0.2, 0.25) is 5.02 Å². The van der Waals surface area contributed by atoms with E-state index in [1.165, 1.54) is 36.9 Å². The first-order valence-electron chi connectivity index (χ1n) is 7.97. The average Bonchev–Trinajstić information content (AvgIpc) is 2.97. The van der Waals surface area contributed by atoms with Crippen molar-refractivity contribution in [3.8, 4) is 0 Å². The van der Waals surface area contributed by atoms with E-state index in [-0.39, 0.29) is 6.04 Å². The number of benzene rings is 1. The molecule has 0 saturated heterocycles. The molecule has 112 valence electrons. The number of anilines is 1. The number of nitrogens with zero attached hydrogens (tertiary/aromatic N) is 1. The highest BCUT2D eigenvalue weighted by Crippen LogP contribution is 2.34. The second kappa shape index (κ2) is 7.33. The van der Waals surface area contributed by atoms with Crippen molar-refractivity contribution in [2.24, 2.45) is 5.73 Å². The van der Waals surface area contributed by atoms with Crippen LogP contribution < -0.4 is 10.6 Å². The lowest BCUT2D eigenvalue weighted by Gasteiger charge is -2.32. The second-order valence-corrected chi connectivity index (χ2v) is 6.24. The summed E-state index contributed by atoms with van der Waals surface area (Å²) < 4.78 is 0. The summed E-state index contributed by atoms with van der Waals surface area (Å²) >= 11 is 6.46. The lowest BCUT2D eigenvalue weighted by Crippen LogP contribution is -2.34. The Labute approximate surface area is 128 Å². The zero-order valence-electron chi connectivity index (χ0n) is 12.7. The number of nitrogens with two attached hydrogens (primary N) is 1. The summed E-state index contributed by atoms with van der Waals surface area (Å²) in [5, 5.41) is 0.864. The van der Waals surface area contributed by atoms with E-state index in [1.807, 2.05) is 6.07 Å². The Morgan fingerprint density at radius 2 is 2.00 bits per heavy atom. The number of hydrogen-bond acceptors (Lipinski definition) is 2. The highest BCUT2D eigenvalue weighted by atomic mass is 35.5. The third-order valence-corrected chi connectivity index (χ3v) is 4.85. The van der Waals surface area contributed by atoms with Gasteiger partial charge in [0.05, 0.1) is 0 Å². The minimum absolute atomic E-state index is 0.191. The molecule has 1 aliphatic rings. The second-order valence-electron chi connectivity index (χ2n) is 5.83. The predicted molar refractivity (Wildman–Crippen MR) is 88.7 cm³/mol. The van der Waals surface area contributed by atoms with Crippen molar-refractivity contribution in [1.29, 1.82) is 0 Å². The van der Waals surface area contributed by atoms with Gasteiger partial charge in [0.15, 0.2) is 0 Å². The maximum atomic E-state index is 6.46. The van der Waals surface area contributed by atoms with Gasteiger partial charge < -0.3 is 10.6 Å². The number of halogens is 1. The van der Waals surface area contributed by atoms with Crippen LogP contribution in [0.3, 0.4) is 0 Å². The Kier molecular flexibility index (Phi) is 5.74. The molecule has 1 atom stereocenters. The van der Waals surface area contributed by atoms with Crippen molar-refractivity contribution in [3.63, 3.8) is 0 Å². The van der Waals surface area contributed by atoms with Crippen molar-refractivity contribution < 1.29 is 0 Å². The monoisotopic (exact) mass is 294 g/mol. The molecule has 0 radical (unpaired) electrons. The van der Waals surface area contributed by atoms with Gasteiger partial charge in [0.2, 0.25) is 0 Å². The molecular weight excluding hydrogens is 268 g/mol. The van der Waals surface area contributed by atoms with Gasteiger partial charge >= 0.3 is 0 Å². The van der Waals surface area contributed by atoms with Crippen LogP contribution in [-0.4, -0.2) is 18.6 Å². The maximum Gasteiger partial charge on any atom is 0.0459 e. The van der Waals surface area contributed by atoms with Crippen molar-refractivity contribution in [2.45, 2.75) is 64.5 Å². The molecule has 0 aromatic heterocycles. The Morgan fingerprint density at radius 3 is 2.60 bits per heavy atom. The van der Waals surface area contributed by atoms with Gasteiger partial charge in [0, 0.05) is 29.3 Å². The molecule has 1 aliphatic carbocycles. The van der Waals surface area contributed by atoms with Crippen molar-refractivity contribution in [3.05, 3.63) is 28.8 Å². The van der Waals surface area contributed by atoms with Gasteiger partial charge in [-0.25, -0.2) is 0 Å². The van der Waals surface area contributed by atoms with E-state index in [1.54, 1.807) is 0 Å². The van der Waals surface area contributed by atoms with Crippen LogP contribution in [0.4, 0.5) is 5.69 Å². The summed E-state index contributed by atoms with van der Waals surface area (Å²) in [7, 11) is 0. The summed E-state index contributed by atoms with van der Waals surface area (Å²) in [4.78, 5) is 2.54. The van der Waals surface area contributed by atoms with Crippen LogP contribution >= 0.6 is 11.6 Å². The van der Waals surface area contributed by atoms with E-state index in [9.17, 15) is 0 Å². The molecule has 2 rings (SSSR count). The first-order valence-corrected chi connectivity index (χ1v) is 8.34. The van der Waals surface area contributed by atoms with Gasteiger partial charge in [-0.3, -0.25) is 0 Å². The van der Waals surface area contributed by atoms with Crippen LogP contribution in [0.5, 0.6) is 0 Å². The fraction of sp³-hybridized carbons (Fsp3) is 0.647. The third kappa shape index (κ3) is 3.48.